The Labute approximate surface area is 80.7 Å². The highest BCUT2D eigenvalue weighted by Crippen LogP contribution is 2.17. The number of hydrogen-bond donors (Lipinski definition) is 1. The molecule has 13 heavy (non-hydrogen) atoms. The van der Waals surface area contributed by atoms with Crippen molar-refractivity contribution in [2.75, 3.05) is 6.61 Å². The molecule has 0 saturated carbocycles. The lowest BCUT2D eigenvalue weighted by molar-refractivity contribution is -0.00121. The second-order valence-electron chi connectivity index (χ2n) is 3.22. The van der Waals surface area contributed by atoms with Crippen molar-refractivity contribution < 1.29 is 9.84 Å². The van der Waals surface area contributed by atoms with E-state index in [1.807, 2.05) is 5.38 Å². The fraction of sp³-hybridized carbons (Fsp3) is 0.750. The van der Waals surface area contributed by atoms with Crippen LogP contribution >= 0.6 is 11.5 Å². The molecule has 5 heteroatoms. The summed E-state index contributed by atoms with van der Waals surface area (Å²) in [5, 5.41) is 15.5. The van der Waals surface area contributed by atoms with Crippen molar-refractivity contribution in [2.45, 2.75) is 31.5 Å². The van der Waals surface area contributed by atoms with Gasteiger partial charge in [-0.2, -0.15) is 0 Å². The van der Waals surface area contributed by atoms with Crippen LogP contribution in [-0.2, 0) is 11.2 Å². The SMILES string of the molecule is OC(Cc1csnn1)C1CCCO1. The predicted molar refractivity (Wildman–Crippen MR) is 48.6 cm³/mol. The molecular weight excluding hydrogens is 188 g/mol. The summed E-state index contributed by atoms with van der Waals surface area (Å²) < 4.78 is 9.11. The molecule has 1 fully saturated rings. The zero-order valence-corrected chi connectivity index (χ0v) is 8.04. The Bertz CT molecular complexity index is 247. The number of aliphatic hydroxyl groups excluding tert-OH is 1. The summed E-state index contributed by atoms with van der Waals surface area (Å²) in [6.07, 6.45) is 2.14. The van der Waals surface area contributed by atoms with Gasteiger partial charge in [0, 0.05) is 18.4 Å². The number of hydrogen-bond acceptors (Lipinski definition) is 5. The smallest absolute Gasteiger partial charge is 0.0858 e. The normalized spacial score (nSPS) is 24.8. The summed E-state index contributed by atoms with van der Waals surface area (Å²) in [4.78, 5) is 0. The topological polar surface area (TPSA) is 55.2 Å². The van der Waals surface area contributed by atoms with Gasteiger partial charge in [0.25, 0.3) is 0 Å². The van der Waals surface area contributed by atoms with Crippen molar-refractivity contribution in [3.8, 4) is 0 Å². The Balaban J connectivity index is 1.87. The highest BCUT2D eigenvalue weighted by atomic mass is 32.1. The Morgan fingerprint density at radius 1 is 1.77 bits per heavy atom. The Hall–Kier alpha value is -0.520. The molecule has 2 rings (SSSR count). The third kappa shape index (κ3) is 2.24. The van der Waals surface area contributed by atoms with Crippen molar-refractivity contribution in [3.05, 3.63) is 11.1 Å². The van der Waals surface area contributed by atoms with Gasteiger partial charge in [0.05, 0.1) is 17.9 Å². The Morgan fingerprint density at radius 3 is 3.31 bits per heavy atom. The minimum Gasteiger partial charge on any atom is -0.390 e. The first-order chi connectivity index (χ1) is 6.36. The second-order valence-corrected chi connectivity index (χ2v) is 3.83. The van der Waals surface area contributed by atoms with Gasteiger partial charge in [-0.1, -0.05) is 4.49 Å². The van der Waals surface area contributed by atoms with Gasteiger partial charge in [0.15, 0.2) is 0 Å². The molecule has 72 valence electrons. The van der Waals surface area contributed by atoms with Gasteiger partial charge >= 0.3 is 0 Å². The van der Waals surface area contributed by atoms with Gasteiger partial charge < -0.3 is 9.84 Å². The first kappa shape index (κ1) is 9.05. The Kier molecular flexibility index (Phi) is 2.87. The molecule has 2 heterocycles. The van der Waals surface area contributed by atoms with E-state index in [1.54, 1.807) is 0 Å². The summed E-state index contributed by atoms with van der Waals surface area (Å²) >= 11 is 1.31. The molecule has 1 saturated heterocycles. The molecule has 1 aliphatic rings. The molecule has 2 atom stereocenters. The highest BCUT2D eigenvalue weighted by molar-refractivity contribution is 7.03. The predicted octanol–water partition coefficient (Wildman–Crippen LogP) is 0.621. The van der Waals surface area contributed by atoms with E-state index in [2.05, 4.69) is 9.59 Å². The van der Waals surface area contributed by atoms with Crippen LogP contribution in [0.3, 0.4) is 0 Å². The van der Waals surface area contributed by atoms with Crippen molar-refractivity contribution in [1.29, 1.82) is 0 Å². The van der Waals surface area contributed by atoms with Gasteiger partial charge in [-0.15, -0.1) is 5.10 Å². The number of rotatable bonds is 3. The fourth-order valence-electron chi connectivity index (χ4n) is 1.52. The largest absolute Gasteiger partial charge is 0.390 e. The van der Waals surface area contributed by atoms with E-state index in [-0.39, 0.29) is 6.10 Å². The van der Waals surface area contributed by atoms with E-state index in [1.165, 1.54) is 11.5 Å². The van der Waals surface area contributed by atoms with Crippen LogP contribution in [-0.4, -0.2) is 33.5 Å². The van der Waals surface area contributed by atoms with Gasteiger partial charge in [0.2, 0.25) is 0 Å². The van der Waals surface area contributed by atoms with E-state index in [4.69, 9.17) is 4.74 Å². The molecule has 0 amide bonds. The van der Waals surface area contributed by atoms with Crippen LogP contribution in [0.25, 0.3) is 0 Å². The summed E-state index contributed by atoms with van der Waals surface area (Å²) in [6, 6.07) is 0. The number of aromatic nitrogens is 2. The van der Waals surface area contributed by atoms with Gasteiger partial charge in [-0.3, -0.25) is 0 Å². The lowest BCUT2D eigenvalue weighted by Crippen LogP contribution is -2.27. The molecule has 1 aromatic heterocycles. The zero-order chi connectivity index (χ0) is 9.10. The summed E-state index contributed by atoms with van der Waals surface area (Å²) in [6.45, 7) is 0.775. The molecule has 0 radical (unpaired) electrons. The molecule has 0 aliphatic carbocycles. The van der Waals surface area contributed by atoms with E-state index >= 15 is 0 Å². The Morgan fingerprint density at radius 2 is 2.69 bits per heavy atom. The van der Waals surface area contributed by atoms with Crippen molar-refractivity contribution in [3.63, 3.8) is 0 Å². The fourth-order valence-corrected chi connectivity index (χ4v) is 1.99. The quantitative estimate of drug-likeness (QED) is 0.777. The lowest BCUT2D eigenvalue weighted by Gasteiger charge is -2.15. The molecule has 0 aromatic carbocycles. The maximum absolute atomic E-state index is 9.73. The molecular formula is C8H12N2O2S. The molecule has 2 unspecified atom stereocenters. The van der Waals surface area contributed by atoms with Crippen LogP contribution in [0, 0.1) is 0 Å². The van der Waals surface area contributed by atoms with Gasteiger partial charge in [-0.05, 0) is 24.4 Å². The van der Waals surface area contributed by atoms with E-state index in [0.717, 1.165) is 25.1 Å². The van der Waals surface area contributed by atoms with E-state index < -0.39 is 6.10 Å². The molecule has 1 aromatic rings. The molecule has 4 nitrogen and oxygen atoms in total. The number of ether oxygens (including phenoxy) is 1. The van der Waals surface area contributed by atoms with Crippen LogP contribution in [0.1, 0.15) is 18.5 Å². The third-order valence-electron chi connectivity index (χ3n) is 2.22. The summed E-state index contributed by atoms with van der Waals surface area (Å²) in [5.74, 6) is 0. The first-order valence-electron chi connectivity index (χ1n) is 4.42. The second kappa shape index (κ2) is 4.13. The zero-order valence-electron chi connectivity index (χ0n) is 7.22. The minimum atomic E-state index is -0.425. The highest BCUT2D eigenvalue weighted by Gasteiger charge is 2.24. The minimum absolute atomic E-state index is 0.00157. The van der Waals surface area contributed by atoms with Crippen molar-refractivity contribution >= 4 is 11.5 Å². The first-order valence-corrected chi connectivity index (χ1v) is 5.25. The monoisotopic (exact) mass is 200 g/mol. The summed E-state index contributed by atoms with van der Waals surface area (Å²) in [7, 11) is 0. The van der Waals surface area contributed by atoms with Crippen LogP contribution in [0.15, 0.2) is 5.38 Å². The van der Waals surface area contributed by atoms with Crippen molar-refractivity contribution in [1.82, 2.24) is 9.59 Å². The summed E-state index contributed by atoms with van der Waals surface area (Å²) in [5.41, 5.74) is 0.855. The number of nitrogens with zero attached hydrogens (tertiary/aromatic N) is 2. The van der Waals surface area contributed by atoms with Gasteiger partial charge in [-0.25, -0.2) is 0 Å². The van der Waals surface area contributed by atoms with Crippen molar-refractivity contribution in [2.24, 2.45) is 0 Å². The van der Waals surface area contributed by atoms with Crippen LogP contribution in [0.4, 0.5) is 0 Å². The van der Waals surface area contributed by atoms with Crippen LogP contribution in [0.2, 0.25) is 0 Å². The standard InChI is InChI=1S/C8H12N2O2S/c11-7(8-2-1-3-12-8)4-6-5-13-10-9-6/h5,7-8,11H,1-4H2. The van der Waals surface area contributed by atoms with E-state index in [0.29, 0.717) is 6.42 Å². The molecule has 1 N–H and O–H groups in total. The molecule has 0 spiro atoms. The molecule has 0 bridgehead atoms. The van der Waals surface area contributed by atoms with Crippen LogP contribution in [0.5, 0.6) is 0 Å². The third-order valence-corrected chi connectivity index (χ3v) is 2.77. The maximum Gasteiger partial charge on any atom is 0.0858 e. The average molecular weight is 200 g/mol. The average Bonchev–Trinajstić information content (AvgIpc) is 2.74. The number of aliphatic hydroxyl groups is 1. The van der Waals surface area contributed by atoms with Gasteiger partial charge in [0.1, 0.15) is 0 Å². The molecule has 1 aliphatic heterocycles. The van der Waals surface area contributed by atoms with Crippen LogP contribution < -0.4 is 0 Å². The van der Waals surface area contributed by atoms with E-state index in [9.17, 15) is 5.11 Å². The maximum atomic E-state index is 9.73. The lowest BCUT2D eigenvalue weighted by atomic mass is 10.1.